The van der Waals surface area contributed by atoms with Gasteiger partial charge in [0.2, 0.25) is 15.0 Å². The van der Waals surface area contributed by atoms with Gasteiger partial charge in [-0.15, -0.1) is 0 Å². The van der Waals surface area contributed by atoms with Crippen LogP contribution in [0, 0.1) is 0 Å². The molecular formula is C15H16N2O6S2. The van der Waals surface area contributed by atoms with Gasteiger partial charge >= 0.3 is 5.97 Å². The summed E-state index contributed by atoms with van der Waals surface area (Å²) in [5.74, 6) is -2.35. The van der Waals surface area contributed by atoms with Crippen LogP contribution in [0.4, 0.5) is 0 Å². The Bertz CT molecular complexity index is 1030. The van der Waals surface area contributed by atoms with Gasteiger partial charge in [-0.25, -0.2) is 13.2 Å². The highest BCUT2D eigenvalue weighted by Gasteiger charge is 2.21. The van der Waals surface area contributed by atoms with E-state index in [1.165, 1.54) is 0 Å². The van der Waals surface area contributed by atoms with Crippen molar-refractivity contribution in [3.8, 4) is 0 Å². The van der Waals surface area contributed by atoms with Crippen LogP contribution in [0.2, 0.25) is 0 Å². The van der Waals surface area contributed by atoms with E-state index in [1.54, 1.807) is 36.7 Å². The molecule has 0 unspecified atom stereocenters. The van der Waals surface area contributed by atoms with E-state index < -0.39 is 32.6 Å². The van der Waals surface area contributed by atoms with Crippen LogP contribution in [0.1, 0.15) is 24.2 Å². The van der Waals surface area contributed by atoms with E-state index in [2.05, 4.69) is 4.99 Å². The molecule has 0 atom stereocenters. The summed E-state index contributed by atoms with van der Waals surface area (Å²) in [5.41, 5.74) is 1.09. The Labute approximate surface area is 147 Å². The molecule has 0 aliphatic heterocycles. The second-order valence-corrected chi connectivity index (χ2v) is 8.21. The minimum absolute atomic E-state index is 0.259. The quantitative estimate of drug-likeness (QED) is 0.721. The zero-order valence-corrected chi connectivity index (χ0v) is 15.4. The van der Waals surface area contributed by atoms with Gasteiger partial charge in [0.1, 0.15) is 5.75 Å². The van der Waals surface area contributed by atoms with Crippen molar-refractivity contribution >= 4 is 48.4 Å². The smallest absolute Gasteiger partial charge is 0.338 e. The lowest BCUT2D eigenvalue weighted by atomic mass is 10.2. The Balaban J connectivity index is 2.42. The molecule has 1 amide bonds. The van der Waals surface area contributed by atoms with Crippen molar-refractivity contribution in [1.29, 1.82) is 0 Å². The van der Waals surface area contributed by atoms with Crippen LogP contribution in [0.15, 0.2) is 23.2 Å². The fourth-order valence-electron chi connectivity index (χ4n) is 1.99. The van der Waals surface area contributed by atoms with Crippen molar-refractivity contribution in [1.82, 2.24) is 4.57 Å². The Kier molecular flexibility index (Phi) is 5.53. The molecule has 0 aliphatic rings. The number of fused-ring (bicyclic) bond motifs is 1. The number of nitrogens with zero attached hydrogens (tertiary/aromatic N) is 2. The summed E-state index contributed by atoms with van der Waals surface area (Å²) < 4.78 is 30.2. The van der Waals surface area contributed by atoms with Gasteiger partial charge in [-0.05, 0) is 25.1 Å². The average Bonchev–Trinajstić information content (AvgIpc) is 2.82. The van der Waals surface area contributed by atoms with Gasteiger partial charge in [0, 0.05) is 14.0 Å². The van der Waals surface area contributed by atoms with Crippen LogP contribution in [-0.4, -0.2) is 42.3 Å². The lowest BCUT2D eigenvalue weighted by Gasteiger charge is -2.01. The number of aryl methyl sites for hydroxylation is 1. The van der Waals surface area contributed by atoms with Gasteiger partial charge in [0.25, 0.3) is 5.91 Å². The molecule has 0 spiro atoms. The van der Waals surface area contributed by atoms with E-state index >= 15 is 0 Å². The van der Waals surface area contributed by atoms with Gasteiger partial charge in [-0.2, -0.15) is 4.99 Å². The summed E-state index contributed by atoms with van der Waals surface area (Å²) in [6.07, 6.45) is 0. The largest absolute Gasteiger partial charge is 0.462 e. The molecule has 134 valence electrons. The van der Waals surface area contributed by atoms with E-state index in [0.29, 0.717) is 10.3 Å². The van der Waals surface area contributed by atoms with Crippen LogP contribution in [0.5, 0.6) is 0 Å². The van der Waals surface area contributed by atoms with Gasteiger partial charge in [-0.3, -0.25) is 9.59 Å². The fourth-order valence-corrected chi connectivity index (χ4v) is 3.65. The normalized spacial score (nSPS) is 12.4. The number of hydrogen-bond acceptors (Lipinski definition) is 7. The molecule has 0 radical (unpaired) electrons. The molecule has 1 aromatic carbocycles. The van der Waals surface area contributed by atoms with E-state index in [0.717, 1.165) is 23.8 Å². The van der Waals surface area contributed by atoms with Crippen LogP contribution in [0.25, 0.3) is 10.2 Å². The second kappa shape index (κ2) is 7.28. The highest BCUT2D eigenvalue weighted by atomic mass is 32.2. The van der Waals surface area contributed by atoms with E-state index in [1.807, 2.05) is 0 Å². The van der Waals surface area contributed by atoms with Crippen molar-refractivity contribution < 1.29 is 27.5 Å². The Hall–Kier alpha value is -2.33. The Morgan fingerprint density at radius 2 is 1.96 bits per heavy atom. The second-order valence-electron chi connectivity index (χ2n) is 5.10. The molecule has 1 heterocycles. The standard InChI is InChI=1S/C15H16N2O6S2/c1-4-23-14(20)10-5-6-11-12(7-10)24-15(17(11)3)16-13(19)8-25(21,22)9(2)18/h5-7H,4,8H2,1-3H3. The summed E-state index contributed by atoms with van der Waals surface area (Å²) in [7, 11) is -2.47. The first kappa shape index (κ1) is 19.0. The zero-order valence-electron chi connectivity index (χ0n) is 13.8. The van der Waals surface area contributed by atoms with Crippen molar-refractivity contribution in [2.75, 3.05) is 12.4 Å². The highest BCUT2D eigenvalue weighted by Crippen LogP contribution is 2.19. The summed E-state index contributed by atoms with van der Waals surface area (Å²) in [5, 5.41) is -1.07. The van der Waals surface area contributed by atoms with Crippen LogP contribution in [0.3, 0.4) is 0 Å². The third kappa shape index (κ3) is 4.20. The Morgan fingerprint density at radius 1 is 1.28 bits per heavy atom. The monoisotopic (exact) mass is 384 g/mol. The lowest BCUT2D eigenvalue weighted by molar-refractivity contribution is -0.116. The molecule has 0 bridgehead atoms. The first-order valence-corrected chi connectivity index (χ1v) is 9.70. The molecule has 0 aliphatic carbocycles. The number of hydrogen-bond donors (Lipinski definition) is 0. The topological polar surface area (TPSA) is 112 Å². The molecule has 8 nitrogen and oxygen atoms in total. The number of benzene rings is 1. The lowest BCUT2D eigenvalue weighted by Crippen LogP contribution is -2.23. The Morgan fingerprint density at radius 3 is 2.56 bits per heavy atom. The maximum atomic E-state index is 11.8. The molecule has 10 heteroatoms. The predicted octanol–water partition coefficient (Wildman–Crippen LogP) is 0.805. The molecule has 0 N–H and O–H groups in total. The summed E-state index contributed by atoms with van der Waals surface area (Å²) in [4.78, 5) is 38.6. The third-order valence-electron chi connectivity index (χ3n) is 3.29. The van der Waals surface area contributed by atoms with Gasteiger partial charge < -0.3 is 9.30 Å². The number of carbonyl (C=O) groups excluding carboxylic acids is 3. The molecule has 0 saturated carbocycles. The molecule has 2 rings (SSSR count). The van der Waals surface area contributed by atoms with Crippen LogP contribution >= 0.6 is 11.3 Å². The molecular weight excluding hydrogens is 368 g/mol. The van der Waals surface area contributed by atoms with Gasteiger partial charge in [0.05, 0.1) is 22.4 Å². The highest BCUT2D eigenvalue weighted by molar-refractivity contribution is 8.06. The molecule has 25 heavy (non-hydrogen) atoms. The summed E-state index contributed by atoms with van der Waals surface area (Å²) in [6, 6.07) is 4.90. The number of aromatic nitrogens is 1. The van der Waals surface area contributed by atoms with Crippen LogP contribution in [-0.2, 0) is 31.2 Å². The molecule has 0 saturated heterocycles. The van der Waals surface area contributed by atoms with Crippen molar-refractivity contribution in [3.63, 3.8) is 0 Å². The van der Waals surface area contributed by atoms with Crippen LogP contribution < -0.4 is 4.80 Å². The number of rotatable bonds is 4. The summed E-state index contributed by atoms with van der Waals surface area (Å²) in [6.45, 7) is 2.85. The average molecular weight is 384 g/mol. The number of thiazole rings is 1. The predicted molar refractivity (Wildman–Crippen MR) is 91.8 cm³/mol. The van der Waals surface area contributed by atoms with Crippen molar-refractivity contribution in [2.45, 2.75) is 13.8 Å². The molecule has 0 fully saturated rings. The minimum Gasteiger partial charge on any atom is -0.462 e. The molecule has 1 aromatic heterocycles. The first-order chi connectivity index (χ1) is 11.7. The molecule has 2 aromatic rings. The SMILES string of the molecule is CCOC(=O)c1ccc2c(c1)sc(=NC(=O)CS(=O)(=O)C(C)=O)n2C. The van der Waals surface area contributed by atoms with E-state index in [-0.39, 0.29) is 11.4 Å². The maximum Gasteiger partial charge on any atom is 0.338 e. The fraction of sp³-hybridized carbons (Fsp3) is 0.333. The zero-order chi connectivity index (χ0) is 18.8. The number of esters is 1. The third-order valence-corrected chi connectivity index (χ3v) is 5.89. The van der Waals surface area contributed by atoms with Gasteiger partial charge in [-0.1, -0.05) is 11.3 Å². The number of carbonyl (C=O) groups is 3. The number of ether oxygens (including phenoxy) is 1. The minimum atomic E-state index is -4.13. The van der Waals surface area contributed by atoms with Crippen molar-refractivity contribution in [2.24, 2.45) is 12.0 Å². The number of sulfone groups is 1. The van der Waals surface area contributed by atoms with Crippen molar-refractivity contribution in [3.05, 3.63) is 28.6 Å². The first-order valence-electron chi connectivity index (χ1n) is 7.23. The maximum absolute atomic E-state index is 11.8. The van der Waals surface area contributed by atoms with Gasteiger partial charge in [0.15, 0.2) is 4.80 Å². The summed E-state index contributed by atoms with van der Waals surface area (Å²) >= 11 is 1.12. The van der Waals surface area contributed by atoms with E-state index in [9.17, 15) is 22.8 Å². The number of amides is 1. The van der Waals surface area contributed by atoms with E-state index in [4.69, 9.17) is 4.74 Å².